The van der Waals surface area contributed by atoms with Crippen molar-refractivity contribution >= 4 is 51.7 Å². The van der Waals surface area contributed by atoms with Gasteiger partial charge in [-0.3, -0.25) is 0 Å². The second-order valence-electron chi connectivity index (χ2n) is 25.4. The summed E-state index contributed by atoms with van der Waals surface area (Å²) in [5, 5.41) is 13.8. The fraction of sp³-hybridized carbons (Fsp3) is 0.537. The monoisotopic (exact) mass is 1130 g/mol. The normalized spacial score (nSPS) is 28.2. The summed E-state index contributed by atoms with van der Waals surface area (Å²) in [5.74, 6) is -0.717. The maximum atomic E-state index is 11.3. The first kappa shape index (κ1) is 61.0. The molecular formula is C67H94O9Si3. The van der Waals surface area contributed by atoms with E-state index >= 15 is 0 Å². The standard InChI is InChI=1S/C67H94O9Si3/c1-14-77(15-2,16-3)76-65-50(7)64-61(73-62(65)45-59-49(6)47(4)43-51(72-59)37-39-57-48(5)44-52(71-57)38-40-63(68)69)46-60(75-79(67(11,12)13,55-33-25-19-26-34-55)56-35-27-20-28-36-56)58(74-64)41-42-70-78(66(8,9)10,53-29-21-17-22-30-53)54-31-23-18-24-32-54/h17-36,38,40,47,50-52,57-62,64-65H,5-6,14-16,37,39,41-46H2,1-4,7-13H3,(H,68,69)/b40-38+/t47-,50+,51+,52+,57+,58-,59-,60-,61+,62+,64+,65-/m1/s1. The van der Waals surface area contributed by atoms with Crippen molar-refractivity contribution in [3.05, 3.63) is 158 Å². The number of aliphatic carboxylic acids is 1. The molecule has 9 nitrogen and oxygen atoms in total. The molecule has 0 saturated carbocycles. The van der Waals surface area contributed by atoms with Gasteiger partial charge in [0, 0.05) is 37.9 Å². The minimum Gasteiger partial charge on any atom is -0.478 e. The number of carbonyl (C=O) groups is 1. The Bertz CT molecular complexity index is 2540. The Balaban J connectivity index is 1.14. The number of carboxylic acids is 1. The van der Waals surface area contributed by atoms with E-state index in [9.17, 15) is 9.90 Å². The van der Waals surface area contributed by atoms with Gasteiger partial charge < -0.3 is 37.3 Å². The van der Waals surface area contributed by atoms with Gasteiger partial charge in [0.1, 0.15) is 0 Å². The average molecular weight is 1130 g/mol. The molecule has 1 N–H and O–H groups in total. The molecule has 79 heavy (non-hydrogen) atoms. The lowest BCUT2D eigenvalue weighted by atomic mass is 9.79. The number of carboxylic acid groups (broad SMARTS) is 1. The largest absolute Gasteiger partial charge is 0.478 e. The molecule has 8 rings (SSSR count). The molecule has 4 aliphatic heterocycles. The van der Waals surface area contributed by atoms with Crippen molar-refractivity contribution in [2.24, 2.45) is 11.8 Å². The molecule has 12 atom stereocenters. The summed E-state index contributed by atoms with van der Waals surface area (Å²) in [5.41, 5.74) is 2.10. The number of hydrogen-bond acceptors (Lipinski definition) is 8. The lowest BCUT2D eigenvalue weighted by Crippen LogP contribution is -2.70. The lowest BCUT2D eigenvalue weighted by molar-refractivity contribution is -0.264. The smallest absolute Gasteiger partial charge is 0.328 e. The number of hydrogen-bond donors (Lipinski definition) is 1. The van der Waals surface area contributed by atoms with Gasteiger partial charge >= 0.3 is 5.97 Å². The molecule has 0 aliphatic carbocycles. The summed E-state index contributed by atoms with van der Waals surface area (Å²) in [4.78, 5) is 11.3. The van der Waals surface area contributed by atoms with E-state index in [0.29, 0.717) is 32.3 Å². The van der Waals surface area contributed by atoms with Crippen LogP contribution in [0.25, 0.3) is 0 Å². The van der Waals surface area contributed by atoms with Gasteiger partial charge in [-0.2, -0.15) is 0 Å². The lowest BCUT2D eigenvalue weighted by Gasteiger charge is -2.55. The molecule has 4 aromatic rings. The van der Waals surface area contributed by atoms with Gasteiger partial charge in [-0.1, -0.05) is 211 Å². The molecule has 0 unspecified atom stereocenters. The first-order valence-corrected chi connectivity index (χ1v) is 36.1. The van der Waals surface area contributed by atoms with Gasteiger partial charge in [0.05, 0.1) is 61.0 Å². The van der Waals surface area contributed by atoms with Gasteiger partial charge in [0.15, 0.2) is 8.32 Å². The molecule has 4 heterocycles. The second-order valence-corrected chi connectivity index (χ2v) is 38.7. The number of benzene rings is 4. The highest BCUT2D eigenvalue weighted by molar-refractivity contribution is 7.00. The summed E-state index contributed by atoms with van der Waals surface area (Å²) >= 11 is 0. The Morgan fingerprint density at radius 3 is 1.66 bits per heavy atom. The van der Waals surface area contributed by atoms with Crippen LogP contribution in [0.2, 0.25) is 28.2 Å². The predicted molar refractivity (Wildman–Crippen MR) is 328 cm³/mol. The Morgan fingerprint density at radius 1 is 0.646 bits per heavy atom. The van der Waals surface area contributed by atoms with Gasteiger partial charge in [-0.05, 0) is 97.8 Å². The van der Waals surface area contributed by atoms with Crippen LogP contribution in [0.15, 0.2) is 158 Å². The fourth-order valence-electron chi connectivity index (χ4n) is 13.9. The van der Waals surface area contributed by atoms with Gasteiger partial charge in [-0.25, -0.2) is 4.79 Å². The maximum Gasteiger partial charge on any atom is 0.328 e. The fourth-order valence-corrected chi connectivity index (χ4v) is 26.1. The highest BCUT2D eigenvalue weighted by atomic mass is 28.4. The third kappa shape index (κ3) is 13.3. The summed E-state index contributed by atoms with van der Waals surface area (Å²) in [6.45, 7) is 35.2. The molecule has 0 bridgehead atoms. The topological polar surface area (TPSA) is 102 Å². The van der Waals surface area contributed by atoms with Gasteiger partial charge in [0.2, 0.25) is 0 Å². The summed E-state index contributed by atoms with van der Waals surface area (Å²) in [7, 11) is -8.16. The quantitative estimate of drug-likeness (QED) is 0.0468. The summed E-state index contributed by atoms with van der Waals surface area (Å²) in [6, 6.07) is 46.9. The van der Waals surface area contributed by atoms with Crippen molar-refractivity contribution in [1.82, 2.24) is 0 Å². The minimum absolute atomic E-state index is 0.00637. The van der Waals surface area contributed by atoms with Crippen LogP contribution >= 0.6 is 0 Å². The molecule has 0 aromatic heterocycles. The van der Waals surface area contributed by atoms with Crippen LogP contribution in [0.1, 0.15) is 121 Å². The van der Waals surface area contributed by atoms with Crippen LogP contribution in [0.5, 0.6) is 0 Å². The third-order valence-corrected chi connectivity index (χ3v) is 33.2. The summed E-state index contributed by atoms with van der Waals surface area (Å²) in [6.07, 6.45) is 5.49. The molecule has 4 aromatic carbocycles. The zero-order chi connectivity index (χ0) is 56.8. The molecule has 4 aliphatic rings. The Hall–Kier alpha value is -4.06. The number of fused-ring (bicyclic) bond motifs is 1. The molecule has 0 amide bonds. The number of rotatable bonds is 22. The Morgan fingerprint density at radius 2 is 1.16 bits per heavy atom. The third-order valence-electron chi connectivity index (χ3n) is 18.5. The first-order chi connectivity index (χ1) is 37.7. The zero-order valence-corrected chi connectivity index (χ0v) is 52.5. The van der Waals surface area contributed by atoms with Crippen molar-refractivity contribution in [2.45, 2.75) is 210 Å². The van der Waals surface area contributed by atoms with E-state index in [0.717, 1.165) is 48.5 Å². The van der Waals surface area contributed by atoms with E-state index in [1.54, 1.807) is 6.08 Å². The Labute approximate surface area is 477 Å². The SMILES string of the molecule is C=C1C[C@H](/C=C/C(=O)O)O[C@H]1CC[C@H]1C[C@@H](C)C(=C)[C@@H](C[C@@H]2O[C@H]3C[C@@H](O[Si](c4ccccc4)(c4ccccc4)C(C)(C)C)[C@@H](CCO[Si](c4ccccc4)(c4ccccc4)C(C)(C)C)O[C@H]3[C@H](C)[C@H]2O[Si](CC)(CC)CC)O1. The summed E-state index contributed by atoms with van der Waals surface area (Å²) < 4.78 is 52.5. The highest BCUT2D eigenvalue weighted by Gasteiger charge is 2.58. The molecule has 428 valence electrons. The van der Waals surface area contributed by atoms with Crippen molar-refractivity contribution in [3.63, 3.8) is 0 Å². The Kier molecular flexibility index (Phi) is 20.1. The van der Waals surface area contributed by atoms with E-state index in [2.05, 4.69) is 204 Å². The second kappa shape index (κ2) is 26.0. The van der Waals surface area contributed by atoms with E-state index < -0.39 is 30.9 Å². The molecule has 0 radical (unpaired) electrons. The minimum atomic E-state index is -3.09. The van der Waals surface area contributed by atoms with Crippen molar-refractivity contribution in [3.8, 4) is 0 Å². The van der Waals surface area contributed by atoms with Gasteiger partial charge in [0.25, 0.3) is 16.6 Å². The maximum absolute atomic E-state index is 11.3. The molecular weight excluding hydrogens is 1030 g/mol. The molecule has 4 saturated heterocycles. The molecule has 12 heteroatoms. The number of ether oxygens (including phenoxy) is 4. The van der Waals surface area contributed by atoms with Crippen molar-refractivity contribution in [1.29, 1.82) is 0 Å². The van der Waals surface area contributed by atoms with E-state index in [4.69, 9.17) is 38.8 Å². The van der Waals surface area contributed by atoms with Crippen LogP contribution in [-0.2, 0) is 37.0 Å². The van der Waals surface area contributed by atoms with Gasteiger partial charge in [-0.15, -0.1) is 0 Å². The molecule has 4 fully saturated rings. The van der Waals surface area contributed by atoms with Crippen molar-refractivity contribution in [2.75, 3.05) is 6.61 Å². The predicted octanol–water partition coefficient (Wildman–Crippen LogP) is 12.7. The molecule has 0 spiro atoms. The van der Waals surface area contributed by atoms with E-state index in [-0.39, 0.29) is 83.0 Å². The van der Waals surface area contributed by atoms with Crippen molar-refractivity contribution < 1.29 is 42.1 Å². The van der Waals surface area contributed by atoms with E-state index in [1.807, 2.05) is 0 Å². The van der Waals surface area contributed by atoms with Crippen LogP contribution in [0, 0.1) is 11.8 Å². The average Bonchev–Trinajstić information content (AvgIpc) is 3.94. The first-order valence-electron chi connectivity index (χ1n) is 29.8. The van der Waals surface area contributed by atoms with Crippen LogP contribution in [0.4, 0.5) is 0 Å². The highest BCUT2D eigenvalue weighted by Crippen LogP contribution is 2.47. The zero-order valence-electron chi connectivity index (χ0n) is 49.5. The van der Waals surface area contributed by atoms with Crippen LogP contribution in [0.3, 0.4) is 0 Å². The van der Waals surface area contributed by atoms with Crippen LogP contribution < -0.4 is 20.7 Å². The van der Waals surface area contributed by atoms with E-state index in [1.165, 1.54) is 26.8 Å². The van der Waals surface area contributed by atoms with Crippen LogP contribution in [-0.4, -0.2) is 104 Å².